The maximum absolute atomic E-state index is 13.7. The minimum absolute atomic E-state index is 0.0339. The quantitative estimate of drug-likeness (QED) is 0.633. The van der Waals surface area contributed by atoms with E-state index < -0.39 is 5.95 Å². The van der Waals surface area contributed by atoms with Gasteiger partial charge < -0.3 is 19.5 Å². The van der Waals surface area contributed by atoms with Crippen molar-refractivity contribution in [1.82, 2.24) is 19.4 Å². The molecule has 3 aromatic rings. The predicted molar refractivity (Wildman–Crippen MR) is 111 cm³/mol. The van der Waals surface area contributed by atoms with Gasteiger partial charge in [-0.15, -0.1) is 0 Å². The number of nitrogens with one attached hydrogen (secondary N) is 1. The first-order chi connectivity index (χ1) is 14.5. The highest BCUT2D eigenvalue weighted by Gasteiger charge is 2.29. The van der Waals surface area contributed by atoms with E-state index in [0.29, 0.717) is 18.7 Å². The number of hydrogen-bond acceptors (Lipinski definition) is 5. The Morgan fingerprint density at radius 2 is 2.13 bits per heavy atom. The lowest BCUT2D eigenvalue weighted by atomic mass is 9.94. The molecule has 30 heavy (non-hydrogen) atoms. The molecule has 1 amide bonds. The molecule has 0 bridgehead atoms. The number of rotatable bonds is 6. The van der Waals surface area contributed by atoms with Crippen molar-refractivity contribution in [2.24, 2.45) is 0 Å². The average molecular weight is 409 g/mol. The van der Waals surface area contributed by atoms with Gasteiger partial charge in [0.15, 0.2) is 5.75 Å². The van der Waals surface area contributed by atoms with Crippen LogP contribution in [0.25, 0.3) is 0 Å². The third kappa shape index (κ3) is 3.60. The number of fused-ring (bicyclic) bond motifs is 1. The summed E-state index contributed by atoms with van der Waals surface area (Å²) in [6.45, 7) is 3.13. The molecule has 0 spiro atoms. The SMILES string of the molecule is CNc1nccn1Cc1ccc2c(c1)C(=O)N([C@@H](C)c1cnc(F)c(OC)c1)CC2. The third-order valence-electron chi connectivity index (χ3n) is 5.58. The van der Waals surface area contributed by atoms with Crippen LogP contribution in [0.3, 0.4) is 0 Å². The summed E-state index contributed by atoms with van der Waals surface area (Å²) < 4.78 is 20.7. The van der Waals surface area contributed by atoms with E-state index in [1.165, 1.54) is 13.3 Å². The second kappa shape index (κ2) is 8.14. The fraction of sp³-hybridized carbons (Fsp3) is 0.318. The van der Waals surface area contributed by atoms with Crippen molar-refractivity contribution in [3.8, 4) is 5.75 Å². The van der Waals surface area contributed by atoms with Gasteiger partial charge in [-0.1, -0.05) is 12.1 Å². The van der Waals surface area contributed by atoms with E-state index in [-0.39, 0.29) is 17.7 Å². The van der Waals surface area contributed by atoms with Crippen LogP contribution in [0.5, 0.6) is 5.75 Å². The van der Waals surface area contributed by atoms with Gasteiger partial charge in [-0.2, -0.15) is 4.39 Å². The zero-order valence-electron chi connectivity index (χ0n) is 17.2. The lowest BCUT2D eigenvalue weighted by molar-refractivity contribution is 0.0672. The van der Waals surface area contributed by atoms with Crippen LogP contribution in [-0.4, -0.2) is 46.0 Å². The van der Waals surface area contributed by atoms with Crippen molar-refractivity contribution in [3.63, 3.8) is 0 Å². The fourth-order valence-corrected chi connectivity index (χ4v) is 3.86. The summed E-state index contributed by atoms with van der Waals surface area (Å²) in [5.74, 6) is 0.154. The molecule has 2 aromatic heterocycles. The first kappa shape index (κ1) is 19.9. The van der Waals surface area contributed by atoms with Crippen molar-refractivity contribution < 1.29 is 13.9 Å². The number of halogens is 1. The zero-order valence-corrected chi connectivity index (χ0v) is 17.2. The Morgan fingerprint density at radius 1 is 1.30 bits per heavy atom. The van der Waals surface area contributed by atoms with Gasteiger partial charge in [0.2, 0.25) is 5.95 Å². The molecule has 3 heterocycles. The maximum atomic E-state index is 13.7. The molecule has 7 nitrogen and oxygen atoms in total. The van der Waals surface area contributed by atoms with E-state index >= 15 is 0 Å². The first-order valence-electron chi connectivity index (χ1n) is 9.83. The van der Waals surface area contributed by atoms with Crippen molar-refractivity contribution in [3.05, 3.63) is 71.1 Å². The van der Waals surface area contributed by atoms with Gasteiger partial charge in [-0.25, -0.2) is 9.97 Å². The molecule has 0 saturated carbocycles. The number of pyridine rings is 1. The van der Waals surface area contributed by atoms with Crippen LogP contribution in [0.15, 0.2) is 42.9 Å². The zero-order chi connectivity index (χ0) is 21.3. The Kier molecular flexibility index (Phi) is 5.39. The largest absolute Gasteiger partial charge is 0.492 e. The second-order valence-corrected chi connectivity index (χ2v) is 7.31. The number of benzene rings is 1. The number of anilines is 1. The molecule has 0 unspecified atom stereocenters. The number of ether oxygens (including phenoxy) is 1. The van der Waals surface area contributed by atoms with Gasteiger partial charge in [0.05, 0.1) is 19.7 Å². The molecule has 4 rings (SSSR count). The number of methoxy groups -OCH3 is 1. The van der Waals surface area contributed by atoms with Crippen LogP contribution >= 0.6 is 0 Å². The third-order valence-corrected chi connectivity index (χ3v) is 5.58. The molecular weight excluding hydrogens is 385 g/mol. The van der Waals surface area contributed by atoms with Gasteiger partial charge in [0.25, 0.3) is 11.9 Å². The van der Waals surface area contributed by atoms with Gasteiger partial charge in [-0.3, -0.25) is 4.79 Å². The summed E-state index contributed by atoms with van der Waals surface area (Å²) >= 11 is 0. The van der Waals surface area contributed by atoms with E-state index in [1.807, 2.05) is 36.9 Å². The minimum atomic E-state index is -0.658. The lowest BCUT2D eigenvalue weighted by Gasteiger charge is -2.34. The number of aromatic nitrogens is 3. The highest BCUT2D eigenvalue weighted by atomic mass is 19.1. The van der Waals surface area contributed by atoms with Crippen LogP contribution in [0.2, 0.25) is 0 Å². The van der Waals surface area contributed by atoms with E-state index in [9.17, 15) is 9.18 Å². The molecule has 1 atom stereocenters. The van der Waals surface area contributed by atoms with Crippen molar-refractivity contribution in [1.29, 1.82) is 0 Å². The topological polar surface area (TPSA) is 72.3 Å². The Balaban J connectivity index is 1.59. The van der Waals surface area contributed by atoms with Gasteiger partial charge in [0.1, 0.15) is 0 Å². The highest BCUT2D eigenvalue weighted by Crippen LogP contribution is 2.30. The average Bonchev–Trinajstić information content (AvgIpc) is 3.21. The molecule has 0 aliphatic carbocycles. The van der Waals surface area contributed by atoms with Crippen LogP contribution in [0, 0.1) is 5.95 Å². The van der Waals surface area contributed by atoms with Gasteiger partial charge in [-0.05, 0) is 42.2 Å². The number of imidazole rings is 1. The molecule has 1 N–H and O–H groups in total. The Labute approximate surface area is 174 Å². The van der Waals surface area contributed by atoms with Gasteiger partial charge in [0, 0.05) is 37.7 Å². The number of carbonyl (C=O) groups is 1. The molecule has 1 aliphatic rings. The van der Waals surface area contributed by atoms with E-state index in [2.05, 4.69) is 21.4 Å². The van der Waals surface area contributed by atoms with Gasteiger partial charge >= 0.3 is 0 Å². The molecule has 0 radical (unpaired) electrons. The summed E-state index contributed by atoms with van der Waals surface area (Å²) in [6.07, 6.45) is 5.87. The van der Waals surface area contributed by atoms with Crippen molar-refractivity contribution in [2.75, 3.05) is 26.0 Å². The van der Waals surface area contributed by atoms with E-state index in [0.717, 1.165) is 29.1 Å². The van der Waals surface area contributed by atoms with Crippen LogP contribution in [-0.2, 0) is 13.0 Å². The summed E-state index contributed by atoms with van der Waals surface area (Å²) in [6, 6.07) is 7.40. The lowest BCUT2D eigenvalue weighted by Crippen LogP contribution is -2.39. The van der Waals surface area contributed by atoms with Crippen molar-refractivity contribution in [2.45, 2.75) is 25.9 Å². The van der Waals surface area contributed by atoms with Crippen molar-refractivity contribution >= 4 is 11.9 Å². The minimum Gasteiger partial charge on any atom is -0.492 e. The summed E-state index contributed by atoms with van der Waals surface area (Å²) in [4.78, 5) is 23.1. The maximum Gasteiger partial charge on any atom is 0.255 e. The Hall–Kier alpha value is -3.42. The predicted octanol–water partition coefficient (Wildman–Crippen LogP) is 3.28. The second-order valence-electron chi connectivity index (χ2n) is 7.31. The first-order valence-corrected chi connectivity index (χ1v) is 9.83. The molecular formula is C22H24FN5O2. The number of nitrogens with zero attached hydrogens (tertiary/aromatic N) is 4. The standard InChI is InChI=1S/C22H24FN5O2/c1-14(17-11-19(30-3)20(23)26-12-17)28-8-6-16-5-4-15(10-18(16)21(28)29)13-27-9-7-25-22(27)24-2/h4-5,7,9-12,14H,6,8,13H2,1-3H3,(H,24,25)/t14-/m0/s1. The van der Waals surface area contributed by atoms with E-state index in [4.69, 9.17) is 4.74 Å². The molecule has 156 valence electrons. The number of hydrogen-bond donors (Lipinski definition) is 1. The summed E-state index contributed by atoms with van der Waals surface area (Å²) in [7, 11) is 3.23. The number of carbonyl (C=O) groups excluding carboxylic acids is 1. The smallest absolute Gasteiger partial charge is 0.255 e. The van der Waals surface area contributed by atoms with Crippen LogP contribution in [0.1, 0.15) is 40.0 Å². The normalized spacial score (nSPS) is 14.4. The van der Waals surface area contributed by atoms with E-state index in [1.54, 1.807) is 17.2 Å². The Bertz CT molecular complexity index is 1080. The molecule has 0 fully saturated rings. The summed E-state index contributed by atoms with van der Waals surface area (Å²) in [5.41, 5.74) is 3.51. The monoisotopic (exact) mass is 409 g/mol. The molecule has 8 heteroatoms. The highest BCUT2D eigenvalue weighted by molar-refractivity contribution is 5.97. The molecule has 0 saturated heterocycles. The summed E-state index contributed by atoms with van der Waals surface area (Å²) in [5, 5.41) is 3.05. The number of amides is 1. The van der Waals surface area contributed by atoms with Crippen LogP contribution in [0.4, 0.5) is 10.3 Å². The Morgan fingerprint density at radius 3 is 2.90 bits per heavy atom. The molecule has 1 aromatic carbocycles. The van der Waals surface area contributed by atoms with Crippen LogP contribution < -0.4 is 10.1 Å². The molecule has 1 aliphatic heterocycles. The fourth-order valence-electron chi connectivity index (χ4n) is 3.86.